The summed E-state index contributed by atoms with van der Waals surface area (Å²) in [5.41, 5.74) is 0.450. The van der Waals surface area contributed by atoms with Gasteiger partial charge in [-0.3, -0.25) is 19.7 Å². The zero-order valence-corrected chi connectivity index (χ0v) is 15.0. The highest BCUT2D eigenvalue weighted by molar-refractivity contribution is 5.91. The number of benzene rings is 1. The second-order valence-corrected chi connectivity index (χ2v) is 5.78. The minimum absolute atomic E-state index is 0.120. The smallest absolute Gasteiger partial charge is 0.285 e. The number of hydrogen-bond donors (Lipinski definition) is 1. The van der Waals surface area contributed by atoms with E-state index >= 15 is 0 Å². The maximum atomic E-state index is 11.8. The third-order valence-corrected chi connectivity index (χ3v) is 3.82. The standard InChI is InChI=1S/C19H21N3O5/c1-27-17-6-4-5-15(13-17)7-9-18(23)20-11-2-3-12-21-14-16(22(25)26)8-10-19(21)24/h4-10,13-14H,2-3,11-12H2,1H3,(H,20,23)/b9-7+. The number of nitrogens with zero attached hydrogens (tertiary/aromatic N) is 2. The average Bonchev–Trinajstić information content (AvgIpc) is 2.67. The Bertz CT molecular complexity index is 889. The summed E-state index contributed by atoms with van der Waals surface area (Å²) in [7, 11) is 1.58. The zero-order valence-electron chi connectivity index (χ0n) is 15.0. The summed E-state index contributed by atoms with van der Waals surface area (Å²) < 4.78 is 6.43. The Morgan fingerprint density at radius 1 is 1.30 bits per heavy atom. The highest BCUT2D eigenvalue weighted by Gasteiger charge is 2.07. The van der Waals surface area contributed by atoms with Crippen LogP contribution >= 0.6 is 0 Å². The van der Waals surface area contributed by atoms with Crippen molar-refractivity contribution in [2.24, 2.45) is 0 Å². The molecule has 0 aliphatic rings. The molecule has 1 N–H and O–H groups in total. The van der Waals surface area contributed by atoms with Gasteiger partial charge in [-0.15, -0.1) is 0 Å². The summed E-state index contributed by atoms with van der Waals surface area (Å²) in [4.78, 5) is 33.7. The number of carbonyl (C=O) groups is 1. The molecule has 1 heterocycles. The van der Waals surface area contributed by atoms with Gasteiger partial charge in [0, 0.05) is 31.3 Å². The van der Waals surface area contributed by atoms with Gasteiger partial charge in [-0.25, -0.2) is 0 Å². The van der Waals surface area contributed by atoms with Gasteiger partial charge in [0.05, 0.1) is 18.2 Å². The van der Waals surface area contributed by atoms with Crippen molar-refractivity contribution in [2.75, 3.05) is 13.7 Å². The molecule has 2 rings (SSSR count). The summed E-state index contributed by atoms with van der Waals surface area (Å²) in [6.45, 7) is 0.807. The van der Waals surface area contributed by atoms with Crippen molar-refractivity contribution in [2.45, 2.75) is 19.4 Å². The predicted molar refractivity (Wildman–Crippen MR) is 102 cm³/mol. The first kappa shape index (κ1) is 19.9. The van der Waals surface area contributed by atoms with E-state index in [4.69, 9.17) is 4.74 Å². The van der Waals surface area contributed by atoms with Gasteiger partial charge in [0.25, 0.3) is 11.2 Å². The van der Waals surface area contributed by atoms with E-state index in [1.807, 2.05) is 24.3 Å². The number of unbranched alkanes of at least 4 members (excludes halogenated alkanes) is 1. The molecular formula is C19H21N3O5. The van der Waals surface area contributed by atoms with Crippen molar-refractivity contribution >= 4 is 17.7 Å². The summed E-state index contributed by atoms with van der Waals surface area (Å²) in [6, 6.07) is 9.72. The van der Waals surface area contributed by atoms with E-state index in [9.17, 15) is 19.7 Å². The lowest BCUT2D eigenvalue weighted by Gasteiger charge is -2.06. The van der Waals surface area contributed by atoms with Crippen LogP contribution in [0, 0.1) is 10.1 Å². The first-order valence-electron chi connectivity index (χ1n) is 8.44. The van der Waals surface area contributed by atoms with E-state index in [2.05, 4.69) is 5.32 Å². The quantitative estimate of drug-likeness (QED) is 0.315. The van der Waals surface area contributed by atoms with E-state index < -0.39 is 4.92 Å². The normalized spacial score (nSPS) is 10.7. The van der Waals surface area contributed by atoms with Crippen LogP contribution in [0.25, 0.3) is 6.08 Å². The molecular weight excluding hydrogens is 350 g/mol. The number of carbonyl (C=O) groups excluding carboxylic acids is 1. The first-order chi connectivity index (χ1) is 13.0. The summed E-state index contributed by atoms with van der Waals surface area (Å²) in [5, 5.41) is 13.5. The monoisotopic (exact) mass is 371 g/mol. The van der Waals surface area contributed by atoms with E-state index in [1.54, 1.807) is 13.2 Å². The maximum Gasteiger partial charge on any atom is 0.285 e. The minimum Gasteiger partial charge on any atom is -0.497 e. The van der Waals surface area contributed by atoms with E-state index in [0.717, 1.165) is 5.56 Å². The summed E-state index contributed by atoms with van der Waals surface area (Å²) in [5.74, 6) is 0.499. The van der Waals surface area contributed by atoms with Gasteiger partial charge in [0.1, 0.15) is 5.75 Å². The van der Waals surface area contributed by atoms with E-state index in [0.29, 0.717) is 31.7 Å². The summed E-state index contributed by atoms with van der Waals surface area (Å²) >= 11 is 0. The molecule has 8 nitrogen and oxygen atoms in total. The van der Waals surface area contributed by atoms with Gasteiger partial charge in [0.2, 0.25) is 5.91 Å². The number of hydrogen-bond acceptors (Lipinski definition) is 5. The molecule has 0 aliphatic carbocycles. The molecule has 0 bridgehead atoms. The van der Waals surface area contributed by atoms with Crippen LogP contribution in [0.15, 0.2) is 53.5 Å². The van der Waals surface area contributed by atoms with Crippen molar-refractivity contribution in [3.8, 4) is 5.75 Å². The van der Waals surface area contributed by atoms with Gasteiger partial charge < -0.3 is 14.6 Å². The Morgan fingerprint density at radius 3 is 2.85 bits per heavy atom. The Kier molecular flexibility index (Phi) is 7.30. The Hall–Kier alpha value is -3.42. The Balaban J connectivity index is 1.74. The molecule has 0 saturated carbocycles. The third-order valence-electron chi connectivity index (χ3n) is 3.82. The van der Waals surface area contributed by atoms with E-state index in [1.165, 1.54) is 29.0 Å². The topological polar surface area (TPSA) is 103 Å². The van der Waals surface area contributed by atoms with Gasteiger partial charge >= 0.3 is 0 Å². The Morgan fingerprint density at radius 2 is 2.11 bits per heavy atom. The lowest BCUT2D eigenvalue weighted by molar-refractivity contribution is -0.385. The number of aryl methyl sites for hydroxylation is 1. The van der Waals surface area contributed by atoms with Crippen molar-refractivity contribution in [3.63, 3.8) is 0 Å². The van der Waals surface area contributed by atoms with Gasteiger partial charge in [-0.1, -0.05) is 12.1 Å². The van der Waals surface area contributed by atoms with Crippen LogP contribution in [-0.4, -0.2) is 29.1 Å². The highest BCUT2D eigenvalue weighted by atomic mass is 16.6. The van der Waals surface area contributed by atoms with Crippen molar-refractivity contribution in [3.05, 3.63) is 74.7 Å². The molecule has 2 aromatic rings. The lowest BCUT2D eigenvalue weighted by Crippen LogP contribution is -2.23. The molecule has 142 valence electrons. The number of nitro groups is 1. The molecule has 0 spiro atoms. The van der Waals surface area contributed by atoms with Crippen LogP contribution in [-0.2, 0) is 11.3 Å². The maximum absolute atomic E-state index is 11.8. The van der Waals surface area contributed by atoms with Crippen LogP contribution in [0.5, 0.6) is 5.75 Å². The number of nitrogens with one attached hydrogen (secondary N) is 1. The number of amides is 1. The average molecular weight is 371 g/mol. The number of pyridine rings is 1. The predicted octanol–water partition coefficient (Wildman–Crippen LogP) is 2.37. The third kappa shape index (κ3) is 6.43. The van der Waals surface area contributed by atoms with Crippen LogP contribution in [0.4, 0.5) is 5.69 Å². The minimum atomic E-state index is -0.537. The molecule has 0 saturated heterocycles. The molecule has 0 fully saturated rings. The molecule has 8 heteroatoms. The lowest BCUT2D eigenvalue weighted by atomic mass is 10.2. The molecule has 27 heavy (non-hydrogen) atoms. The van der Waals surface area contributed by atoms with Crippen LogP contribution in [0.3, 0.4) is 0 Å². The van der Waals surface area contributed by atoms with Gasteiger partial charge in [0.15, 0.2) is 0 Å². The van der Waals surface area contributed by atoms with E-state index in [-0.39, 0.29) is 17.2 Å². The molecule has 1 aromatic heterocycles. The first-order valence-corrected chi connectivity index (χ1v) is 8.44. The Labute approximate surface area is 156 Å². The molecule has 0 radical (unpaired) electrons. The summed E-state index contributed by atoms with van der Waals surface area (Å²) in [6.07, 6.45) is 5.63. The number of methoxy groups -OCH3 is 1. The number of rotatable bonds is 9. The largest absolute Gasteiger partial charge is 0.497 e. The van der Waals surface area contributed by atoms with Gasteiger partial charge in [-0.05, 0) is 36.6 Å². The SMILES string of the molecule is COc1cccc(/C=C/C(=O)NCCCCn2cc([N+](=O)[O-])ccc2=O)c1. The number of ether oxygens (including phenoxy) is 1. The molecule has 1 amide bonds. The van der Waals surface area contributed by atoms with Crippen LogP contribution < -0.4 is 15.6 Å². The second kappa shape index (κ2) is 9.91. The van der Waals surface area contributed by atoms with Crippen molar-refractivity contribution in [1.82, 2.24) is 9.88 Å². The van der Waals surface area contributed by atoms with Crippen molar-refractivity contribution < 1.29 is 14.5 Å². The van der Waals surface area contributed by atoms with Crippen LogP contribution in [0.2, 0.25) is 0 Å². The molecule has 1 aromatic carbocycles. The molecule has 0 unspecified atom stereocenters. The fraction of sp³-hybridized carbons (Fsp3) is 0.263. The molecule has 0 atom stereocenters. The fourth-order valence-corrected chi connectivity index (χ4v) is 2.40. The highest BCUT2D eigenvalue weighted by Crippen LogP contribution is 2.13. The number of aromatic nitrogens is 1. The second-order valence-electron chi connectivity index (χ2n) is 5.78. The fourth-order valence-electron chi connectivity index (χ4n) is 2.40. The van der Waals surface area contributed by atoms with Crippen molar-refractivity contribution in [1.29, 1.82) is 0 Å². The molecule has 0 aliphatic heterocycles. The van der Waals surface area contributed by atoms with Crippen LogP contribution in [0.1, 0.15) is 18.4 Å². The van der Waals surface area contributed by atoms with Gasteiger partial charge in [-0.2, -0.15) is 0 Å². The zero-order chi connectivity index (χ0) is 19.6.